The Hall–Kier alpha value is -2.13. The smallest absolute Gasteiger partial charge is 0.263 e. The Balaban J connectivity index is 2.30. The summed E-state index contributed by atoms with van der Waals surface area (Å²) in [5, 5.41) is 3.93. The third kappa shape index (κ3) is 2.57. The van der Waals surface area contributed by atoms with E-state index < -0.39 is 10.0 Å². The Kier molecular flexibility index (Phi) is 3.17. The number of nitrogens with one attached hydrogen (secondary N) is 2. The summed E-state index contributed by atoms with van der Waals surface area (Å²) in [6.45, 7) is 0. The van der Waals surface area contributed by atoms with Crippen molar-refractivity contribution in [1.82, 2.24) is 14.8 Å². The van der Waals surface area contributed by atoms with Crippen LogP contribution in [0.15, 0.2) is 35.5 Å². The summed E-state index contributed by atoms with van der Waals surface area (Å²) in [4.78, 5) is 3.89. The second-order valence-corrected chi connectivity index (χ2v) is 5.18. The van der Waals surface area contributed by atoms with E-state index in [1.807, 2.05) is 0 Å². The molecule has 0 aromatic carbocycles. The topological polar surface area (TPSA) is 115 Å². The SMILES string of the molecule is Cn1ccc(NS(=O)(=O)c2ccnc(NN)c2)n1. The zero-order chi connectivity index (χ0) is 13.2. The summed E-state index contributed by atoms with van der Waals surface area (Å²) in [5.41, 5.74) is 2.28. The predicted octanol–water partition coefficient (Wildman–Crippen LogP) is -0.0985. The second-order valence-electron chi connectivity index (χ2n) is 3.50. The van der Waals surface area contributed by atoms with Gasteiger partial charge in [0.15, 0.2) is 5.82 Å². The van der Waals surface area contributed by atoms with E-state index in [1.165, 1.54) is 23.0 Å². The van der Waals surface area contributed by atoms with Crippen molar-refractivity contribution in [3.63, 3.8) is 0 Å². The van der Waals surface area contributed by atoms with E-state index in [0.717, 1.165) is 0 Å². The maximum atomic E-state index is 12.0. The van der Waals surface area contributed by atoms with E-state index in [1.54, 1.807) is 19.3 Å². The van der Waals surface area contributed by atoms with Crippen LogP contribution >= 0.6 is 0 Å². The molecule has 2 aromatic rings. The van der Waals surface area contributed by atoms with E-state index in [4.69, 9.17) is 5.84 Å². The van der Waals surface area contributed by atoms with Crippen molar-refractivity contribution < 1.29 is 8.42 Å². The Labute approximate surface area is 104 Å². The first-order valence-corrected chi connectivity index (χ1v) is 6.45. The van der Waals surface area contributed by atoms with Crippen LogP contribution in [-0.2, 0) is 17.1 Å². The molecular formula is C9H12N6O2S. The maximum absolute atomic E-state index is 12.0. The third-order valence-electron chi connectivity index (χ3n) is 2.14. The minimum absolute atomic E-state index is 0.0519. The first-order chi connectivity index (χ1) is 8.51. The van der Waals surface area contributed by atoms with Crippen LogP contribution in [-0.4, -0.2) is 23.2 Å². The van der Waals surface area contributed by atoms with Crippen molar-refractivity contribution in [2.24, 2.45) is 12.9 Å². The molecule has 96 valence electrons. The average molecular weight is 268 g/mol. The van der Waals surface area contributed by atoms with Crippen LogP contribution in [0.2, 0.25) is 0 Å². The molecule has 4 N–H and O–H groups in total. The van der Waals surface area contributed by atoms with Crippen LogP contribution in [0.5, 0.6) is 0 Å². The van der Waals surface area contributed by atoms with E-state index in [0.29, 0.717) is 0 Å². The summed E-state index contributed by atoms with van der Waals surface area (Å²) in [5.74, 6) is 5.68. The van der Waals surface area contributed by atoms with Crippen molar-refractivity contribution in [2.45, 2.75) is 4.90 Å². The summed E-state index contributed by atoms with van der Waals surface area (Å²) >= 11 is 0. The largest absolute Gasteiger partial charge is 0.308 e. The van der Waals surface area contributed by atoms with Crippen LogP contribution in [0.3, 0.4) is 0 Å². The van der Waals surface area contributed by atoms with Crippen molar-refractivity contribution in [2.75, 3.05) is 10.1 Å². The minimum Gasteiger partial charge on any atom is -0.308 e. The lowest BCUT2D eigenvalue weighted by Crippen LogP contribution is -2.15. The molecule has 2 heterocycles. The van der Waals surface area contributed by atoms with Gasteiger partial charge in [0, 0.05) is 31.6 Å². The molecule has 18 heavy (non-hydrogen) atoms. The Bertz CT molecular complexity index is 651. The molecule has 0 aliphatic heterocycles. The highest BCUT2D eigenvalue weighted by Crippen LogP contribution is 2.15. The number of hydrogen-bond acceptors (Lipinski definition) is 6. The number of sulfonamides is 1. The fraction of sp³-hybridized carbons (Fsp3) is 0.111. The van der Waals surface area contributed by atoms with Gasteiger partial charge in [0.25, 0.3) is 10.0 Å². The summed E-state index contributed by atoms with van der Waals surface area (Å²) in [6.07, 6.45) is 2.99. The zero-order valence-electron chi connectivity index (χ0n) is 9.53. The Morgan fingerprint density at radius 2 is 2.11 bits per heavy atom. The number of nitrogens with two attached hydrogens (primary N) is 1. The van der Waals surface area contributed by atoms with Gasteiger partial charge < -0.3 is 5.43 Å². The van der Waals surface area contributed by atoms with Gasteiger partial charge in [-0.15, -0.1) is 0 Å². The van der Waals surface area contributed by atoms with Crippen molar-refractivity contribution >= 4 is 21.7 Å². The van der Waals surface area contributed by atoms with Gasteiger partial charge in [0.1, 0.15) is 5.82 Å². The molecule has 0 unspecified atom stereocenters. The summed E-state index contributed by atoms with van der Waals surface area (Å²) in [6, 6.07) is 4.25. The molecular weight excluding hydrogens is 256 g/mol. The number of anilines is 2. The first kappa shape index (κ1) is 12.3. The number of aryl methyl sites for hydroxylation is 1. The number of nitrogen functional groups attached to an aromatic ring is 1. The fourth-order valence-corrected chi connectivity index (χ4v) is 2.33. The zero-order valence-corrected chi connectivity index (χ0v) is 10.3. The highest BCUT2D eigenvalue weighted by Gasteiger charge is 2.16. The summed E-state index contributed by atoms with van der Waals surface area (Å²) < 4.78 is 27.9. The van der Waals surface area contributed by atoms with Crippen molar-refractivity contribution in [3.8, 4) is 0 Å². The normalized spacial score (nSPS) is 11.2. The Morgan fingerprint density at radius 3 is 2.72 bits per heavy atom. The van der Waals surface area contributed by atoms with E-state index in [9.17, 15) is 8.42 Å². The molecule has 0 saturated carbocycles. The molecule has 2 rings (SSSR count). The highest BCUT2D eigenvalue weighted by molar-refractivity contribution is 7.92. The molecule has 8 nitrogen and oxygen atoms in total. The second kappa shape index (κ2) is 4.63. The van der Waals surface area contributed by atoms with Gasteiger partial charge in [-0.3, -0.25) is 9.40 Å². The summed E-state index contributed by atoms with van der Waals surface area (Å²) in [7, 11) is -2.00. The van der Waals surface area contributed by atoms with Crippen LogP contribution in [0.4, 0.5) is 11.6 Å². The van der Waals surface area contributed by atoms with E-state index in [-0.39, 0.29) is 16.5 Å². The standard InChI is InChI=1S/C9H12N6O2S/c1-15-5-3-8(13-15)14-18(16,17)7-2-4-11-9(6-7)12-10/h2-6H,10H2,1H3,(H,11,12)(H,13,14). The molecule has 0 aliphatic rings. The number of rotatable bonds is 4. The monoisotopic (exact) mass is 268 g/mol. The molecule has 0 saturated heterocycles. The minimum atomic E-state index is -3.69. The Morgan fingerprint density at radius 1 is 1.33 bits per heavy atom. The van der Waals surface area contributed by atoms with E-state index >= 15 is 0 Å². The molecule has 2 aromatic heterocycles. The molecule has 0 radical (unpaired) electrons. The fourth-order valence-electron chi connectivity index (χ4n) is 1.32. The highest BCUT2D eigenvalue weighted by atomic mass is 32.2. The lowest BCUT2D eigenvalue weighted by atomic mass is 10.5. The van der Waals surface area contributed by atoms with Crippen LogP contribution in [0.25, 0.3) is 0 Å². The number of pyridine rings is 1. The van der Waals surface area contributed by atoms with Gasteiger partial charge in [-0.25, -0.2) is 19.2 Å². The maximum Gasteiger partial charge on any atom is 0.263 e. The lowest BCUT2D eigenvalue weighted by Gasteiger charge is -2.06. The number of aromatic nitrogens is 3. The average Bonchev–Trinajstić information content (AvgIpc) is 2.74. The van der Waals surface area contributed by atoms with Gasteiger partial charge in [-0.2, -0.15) is 5.10 Å². The predicted molar refractivity (Wildman–Crippen MR) is 66.1 cm³/mol. The van der Waals surface area contributed by atoms with Crippen molar-refractivity contribution in [3.05, 3.63) is 30.6 Å². The first-order valence-electron chi connectivity index (χ1n) is 4.96. The third-order valence-corrected chi connectivity index (χ3v) is 3.49. The van der Waals surface area contributed by atoms with Gasteiger partial charge in [-0.05, 0) is 6.07 Å². The van der Waals surface area contributed by atoms with Crippen LogP contribution in [0, 0.1) is 0 Å². The van der Waals surface area contributed by atoms with Gasteiger partial charge in [0.2, 0.25) is 0 Å². The van der Waals surface area contributed by atoms with Crippen molar-refractivity contribution in [1.29, 1.82) is 0 Å². The quantitative estimate of drug-likeness (QED) is 0.527. The van der Waals surface area contributed by atoms with Gasteiger partial charge in [-0.1, -0.05) is 0 Å². The number of hydrazine groups is 1. The van der Waals surface area contributed by atoms with Gasteiger partial charge >= 0.3 is 0 Å². The molecule has 0 spiro atoms. The van der Waals surface area contributed by atoms with Gasteiger partial charge in [0.05, 0.1) is 4.90 Å². The molecule has 0 atom stereocenters. The molecule has 9 heteroatoms. The van der Waals surface area contributed by atoms with Crippen LogP contribution in [0.1, 0.15) is 0 Å². The molecule has 0 amide bonds. The van der Waals surface area contributed by atoms with E-state index in [2.05, 4.69) is 20.2 Å². The number of hydrogen-bond donors (Lipinski definition) is 3. The van der Waals surface area contributed by atoms with Crippen LogP contribution < -0.4 is 16.0 Å². The number of nitrogens with zero attached hydrogens (tertiary/aromatic N) is 3. The molecule has 0 fully saturated rings. The molecule has 0 bridgehead atoms. The molecule has 0 aliphatic carbocycles. The lowest BCUT2D eigenvalue weighted by molar-refractivity contribution is 0.600.